The Morgan fingerprint density at radius 1 is 1.32 bits per heavy atom. The van der Waals surface area contributed by atoms with Crippen molar-refractivity contribution in [3.63, 3.8) is 0 Å². The van der Waals surface area contributed by atoms with Gasteiger partial charge in [0.05, 0.1) is 0 Å². The van der Waals surface area contributed by atoms with E-state index in [-0.39, 0.29) is 10.9 Å². The Balaban J connectivity index is 2.99. The number of carbonyl (C=O) groups excluding carboxylic acids is 2. The van der Waals surface area contributed by atoms with E-state index in [1.54, 1.807) is 0 Å². The summed E-state index contributed by atoms with van der Waals surface area (Å²) in [6, 6.07) is 1.97. The molecule has 2 amide bonds. The number of benzene rings is 1. The first-order valence-electron chi connectivity index (χ1n) is 5.38. The molecule has 0 aliphatic heterocycles. The summed E-state index contributed by atoms with van der Waals surface area (Å²) >= 11 is 2.92. The monoisotopic (exact) mass is 334 g/mol. The molecule has 0 aliphatic carbocycles. The molecule has 104 valence electrons. The minimum atomic E-state index is -0.991. The molecule has 0 aliphatic rings. The smallest absolute Gasteiger partial charge is 0.257 e. The van der Waals surface area contributed by atoms with Crippen molar-refractivity contribution in [3.05, 3.63) is 33.8 Å². The fraction of sp³-hybridized carbons (Fsp3) is 0.333. The molecule has 7 heteroatoms. The van der Waals surface area contributed by atoms with E-state index >= 15 is 0 Å². The van der Waals surface area contributed by atoms with Crippen molar-refractivity contribution in [2.45, 2.75) is 25.8 Å². The molecule has 1 rings (SSSR count). The summed E-state index contributed by atoms with van der Waals surface area (Å²) in [7, 11) is 0. The molecule has 0 spiro atoms. The van der Waals surface area contributed by atoms with Crippen LogP contribution in [0, 0.1) is 11.6 Å². The largest absolute Gasteiger partial charge is 0.370 e. The maximum Gasteiger partial charge on any atom is 0.257 e. The Morgan fingerprint density at radius 2 is 1.79 bits per heavy atom. The highest BCUT2D eigenvalue weighted by Gasteiger charge is 2.26. The summed E-state index contributed by atoms with van der Waals surface area (Å²) in [5.74, 6) is -3.53. The molecule has 0 heterocycles. The quantitative estimate of drug-likeness (QED) is 0.885. The average Bonchev–Trinajstić information content (AvgIpc) is 2.10. The molecule has 4 nitrogen and oxygen atoms in total. The van der Waals surface area contributed by atoms with Gasteiger partial charge in [-0.1, -0.05) is 15.9 Å². The molecule has 3 N–H and O–H groups in total. The molecule has 0 saturated heterocycles. The lowest BCUT2D eigenvalue weighted by Gasteiger charge is -2.24. The van der Waals surface area contributed by atoms with Crippen LogP contribution in [0.1, 0.15) is 30.6 Å². The maximum absolute atomic E-state index is 13.6. The molecular formula is C12H13BrF2N2O2. The zero-order valence-electron chi connectivity index (χ0n) is 10.4. The van der Waals surface area contributed by atoms with Crippen LogP contribution in [0.3, 0.4) is 0 Å². The molecule has 0 aromatic heterocycles. The van der Waals surface area contributed by atoms with Crippen LogP contribution in [0.25, 0.3) is 0 Å². The van der Waals surface area contributed by atoms with Gasteiger partial charge in [0, 0.05) is 16.4 Å². The average molecular weight is 335 g/mol. The van der Waals surface area contributed by atoms with E-state index in [2.05, 4.69) is 21.2 Å². The number of rotatable bonds is 4. The van der Waals surface area contributed by atoms with Crippen molar-refractivity contribution >= 4 is 27.7 Å². The number of nitrogens with two attached hydrogens (primary N) is 1. The lowest BCUT2D eigenvalue weighted by molar-refractivity contribution is -0.119. The number of primary amides is 1. The number of amides is 2. The number of nitrogens with one attached hydrogen (secondary N) is 1. The van der Waals surface area contributed by atoms with E-state index in [0.29, 0.717) is 0 Å². The predicted molar refractivity (Wildman–Crippen MR) is 69.4 cm³/mol. The van der Waals surface area contributed by atoms with Crippen molar-refractivity contribution in [1.82, 2.24) is 5.32 Å². The summed E-state index contributed by atoms with van der Waals surface area (Å²) in [6.07, 6.45) is -0.140. The molecular weight excluding hydrogens is 322 g/mol. The second-order valence-corrected chi connectivity index (χ2v) is 5.64. The van der Waals surface area contributed by atoms with Gasteiger partial charge < -0.3 is 11.1 Å². The number of hydrogen-bond acceptors (Lipinski definition) is 2. The molecule has 0 fully saturated rings. The van der Waals surface area contributed by atoms with Crippen molar-refractivity contribution in [2.24, 2.45) is 5.73 Å². The highest BCUT2D eigenvalue weighted by molar-refractivity contribution is 9.10. The van der Waals surface area contributed by atoms with Crippen LogP contribution in [-0.4, -0.2) is 17.4 Å². The van der Waals surface area contributed by atoms with E-state index < -0.39 is 34.6 Å². The zero-order chi connectivity index (χ0) is 14.8. The second kappa shape index (κ2) is 5.64. The Bertz CT molecular complexity index is 509. The van der Waals surface area contributed by atoms with Gasteiger partial charge in [0.15, 0.2) is 0 Å². The lowest BCUT2D eigenvalue weighted by Crippen LogP contribution is -2.46. The standard InChI is InChI=1S/C12H13BrF2N2O2/c1-12(2,5-9(16)18)17-11(19)10-7(14)3-6(13)4-8(10)15/h3-4H,5H2,1-2H3,(H2,16,18)(H,17,19). The summed E-state index contributed by atoms with van der Waals surface area (Å²) in [5.41, 5.74) is 3.34. The van der Waals surface area contributed by atoms with E-state index in [4.69, 9.17) is 5.73 Å². The summed E-state index contributed by atoms with van der Waals surface area (Å²) in [4.78, 5) is 22.7. The first-order valence-corrected chi connectivity index (χ1v) is 6.17. The Morgan fingerprint density at radius 3 is 2.21 bits per heavy atom. The van der Waals surface area contributed by atoms with Gasteiger partial charge in [-0.05, 0) is 26.0 Å². The van der Waals surface area contributed by atoms with Gasteiger partial charge in [-0.3, -0.25) is 9.59 Å². The highest BCUT2D eigenvalue weighted by atomic mass is 79.9. The topological polar surface area (TPSA) is 72.2 Å². The van der Waals surface area contributed by atoms with Crippen LogP contribution in [0.2, 0.25) is 0 Å². The van der Waals surface area contributed by atoms with Crippen LogP contribution < -0.4 is 11.1 Å². The van der Waals surface area contributed by atoms with Crippen molar-refractivity contribution in [3.8, 4) is 0 Å². The molecule has 1 aromatic rings. The summed E-state index contributed by atoms with van der Waals surface area (Å²) < 4.78 is 27.3. The molecule has 0 atom stereocenters. The van der Waals surface area contributed by atoms with Crippen LogP contribution in [-0.2, 0) is 4.79 Å². The van der Waals surface area contributed by atoms with Gasteiger partial charge in [-0.25, -0.2) is 8.78 Å². The number of carbonyl (C=O) groups is 2. The fourth-order valence-electron chi connectivity index (χ4n) is 1.61. The molecule has 0 saturated carbocycles. The normalized spacial score (nSPS) is 11.2. The third-order valence-corrected chi connectivity index (χ3v) is 2.76. The molecule has 0 radical (unpaired) electrons. The van der Waals surface area contributed by atoms with E-state index in [9.17, 15) is 18.4 Å². The fourth-order valence-corrected chi connectivity index (χ4v) is 2.01. The number of hydrogen-bond donors (Lipinski definition) is 2. The van der Waals surface area contributed by atoms with E-state index in [1.807, 2.05) is 0 Å². The van der Waals surface area contributed by atoms with Crippen LogP contribution in [0.5, 0.6) is 0 Å². The van der Waals surface area contributed by atoms with Crippen molar-refractivity contribution < 1.29 is 18.4 Å². The van der Waals surface area contributed by atoms with Gasteiger partial charge in [-0.2, -0.15) is 0 Å². The van der Waals surface area contributed by atoms with Crippen LogP contribution in [0.4, 0.5) is 8.78 Å². The second-order valence-electron chi connectivity index (χ2n) is 4.73. The Labute approximate surface area is 117 Å². The Kier molecular flexibility index (Phi) is 4.62. The minimum absolute atomic E-state index is 0.140. The lowest BCUT2D eigenvalue weighted by atomic mass is 9.99. The SMILES string of the molecule is CC(C)(CC(N)=O)NC(=O)c1c(F)cc(Br)cc1F. The summed E-state index contributed by atoms with van der Waals surface area (Å²) in [5, 5.41) is 2.37. The van der Waals surface area contributed by atoms with E-state index in [0.717, 1.165) is 12.1 Å². The van der Waals surface area contributed by atoms with Crippen LogP contribution in [0.15, 0.2) is 16.6 Å². The molecule has 0 bridgehead atoms. The third-order valence-electron chi connectivity index (χ3n) is 2.30. The number of halogens is 3. The van der Waals surface area contributed by atoms with Crippen molar-refractivity contribution in [2.75, 3.05) is 0 Å². The minimum Gasteiger partial charge on any atom is -0.370 e. The van der Waals surface area contributed by atoms with E-state index in [1.165, 1.54) is 13.8 Å². The van der Waals surface area contributed by atoms with Crippen LogP contribution >= 0.6 is 15.9 Å². The predicted octanol–water partition coefficient (Wildman–Crippen LogP) is 2.11. The Hall–Kier alpha value is -1.50. The molecule has 19 heavy (non-hydrogen) atoms. The summed E-state index contributed by atoms with van der Waals surface area (Å²) in [6.45, 7) is 3.06. The molecule has 1 aromatic carbocycles. The van der Waals surface area contributed by atoms with Gasteiger partial charge in [-0.15, -0.1) is 0 Å². The van der Waals surface area contributed by atoms with Gasteiger partial charge in [0.25, 0.3) is 5.91 Å². The van der Waals surface area contributed by atoms with Crippen molar-refractivity contribution in [1.29, 1.82) is 0 Å². The van der Waals surface area contributed by atoms with Gasteiger partial charge in [0.1, 0.15) is 17.2 Å². The highest BCUT2D eigenvalue weighted by Crippen LogP contribution is 2.20. The third kappa shape index (κ3) is 4.27. The molecule has 0 unspecified atom stereocenters. The van der Waals surface area contributed by atoms with Gasteiger partial charge in [0.2, 0.25) is 5.91 Å². The first-order chi connectivity index (χ1) is 8.62. The zero-order valence-corrected chi connectivity index (χ0v) is 12.0. The van der Waals surface area contributed by atoms with Gasteiger partial charge >= 0.3 is 0 Å². The first kappa shape index (κ1) is 15.6. The maximum atomic E-state index is 13.6.